The largest absolute Gasteiger partial charge is 0.329 e. The lowest BCUT2D eigenvalue weighted by molar-refractivity contribution is 0.102. The van der Waals surface area contributed by atoms with Gasteiger partial charge in [-0.15, -0.1) is 0 Å². The highest BCUT2D eigenvalue weighted by Gasteiger charge is 2.25. The number of fused-ring (bicyclic) bond motifs is 1. The third kappa shape index (κ3) is 7.63. The number of carbonyl (C=O) groups is 1. The molecule has 0 spiro atoms. The highest BCUT2D eigenvalue weighted by molar-refractivity contribution is 6.05. The molecule has 1 aliphatic rings. The molecule has 2 aromatic carbocycles. The van der Waals surface area contributed by atoms with Crippen LogP contribution in [0.5, 0.6) is 0 Å². The predicted molar refractivity (Wildman–Crippen MR) is 165 cm³/mol. The van der Waals surface area contributed by atoms with Gasteiger partial charge in [-0.25, -0.2) is 5.43 Å². The van der Waals surface area contributed by atoms with Gasteiger partial charge in [0, 0.05) is 35.7 Å². The number of hydrogen-bond acceptors (Lipinski definition) is 6. The summed E-state index contributed by atoms with van der Waals surface area (Å²) >= 11 is 0. The minimum Gasteiger partial charge on any atom is -0.329 e. The second-order valence-corrected chi connectivity index (χ2v) is 9.78. The van der Waals surface area contributed by atoms with Gasteiger partial charge in [0.05, 0.1) is 16.9 Å². The van der Waals surface area contributed by atoms with Crippen LogP contribution in [0.2, 0.25) is 0 Å². The maximum atomic E-state index is 13.0. The Morgan fingerprint density at radius 1 is 1.10 bits per heavy atom. The van der Waals surface area contributed by atoms with Crippen LogP contribution in [0, 0.1) is 6.92 Å². The number of anilines is 2. The molecular formula is C32H42N6O. The number of carbonyl (C=O) groups excluding carboxylic acids is 1. The van der Waals surface area contributed by atoms with E-state index in [9.17, 15) is 4.79 Å². The summed E-state index contributed by atoms with van der Waals surface area (Å²) in [6.45, 7) is 8.62. The Morgan fingerprint density at radius 2 is 1.82 bits per heavy atom. The van der Waals surface area contributed by atoms with Crippen molar-refractivity contribution in [2.45, 2.75) is 46.6 Å². The maximum Gasteiger partial charge on any atom is 0.257 e. The summed E-state index contributed by atoms with van der Waals surface area (Å²) in [6.07, 6.45) is 7.74. The van der Waals surface area contributed by atoms with Crippen LogP contribution >= 0.6 is 0 Å². The number of pyridine rings is 1. The smallest absolute Gasteiger partial charge is 0.257 e. The van der Waals surface area contributed by atoms with Crippen molar-refractivity contribution in [1.82, 2.24) is 15.7 Å². The highest BCUT2D eigenvalue weighted by atomic mass is 16.1. The summed E-state index contributed by atoms with van der Waals surface area (Å²) in [5, 5.41) is 7.97. The molecule has 0 fully saturated rings. The molecule has 1 aliphatic carbocycles. The van der Waals surface area contributed by atoms with Crippen LogP contribution in [0.1, 0.15) is 59.9 Å². The van der Waals surface area contributed by atoms with Gasteiger partial charge in [0.15, 0.2) is 0 Å². The Kier molecular flexibility index (Phi) is 11.0. The van der Waals surface area contributed by atoms with Gasteiger partial charge in [-0.1, -0.05) is 30.4 Å². The van der Waals surface area contributed by atoms with Crippen molar-refractivity contribution in [1.29, 1.82) is 0 Å². The zero-order chi connectivity index (χ0) is 28.4. The van der Waals surface area contributed by atoms with Gasteiger partial charge in [0.1, 0.15) is 0 Å². The number of benzene rings is 2. The molecule has 3 aromatic rings. The maximum absolute atomic E-state index is 13.0. The molecular weight excluding hydrogens is 484 g/mol. The van der Waals surface area contributed by atoms with Crippen molar-refractivity contribution in [3.8, 4) is 0 Å². The molecule has 1 atom stereocenters. The van der Waals surface area contributed by atoms with Gasteiger partial charge in [-0.2, -0.15) is 0 Å². The number of rotatable bonds is 8. The molecule has 5 N–H and O–H groups in total. The number of nitrogens with two attached hydrogens (primary N) is 1. The van der Waals surface area contributed by atoms with Crippen molar-refractivity contribution in [2.24, 2.45) is 5.73 Å². The van der Waals surface area contributed by atoms with Crippen LogP contribution < -0.4 is 26.8 Å². The second kappa shape index (κ2) is 14.4. The van der Waals surface area contributed by atoms with Crippen LogP contribution in [-0.4, -0.2) is 37.6 Å². The van der Waals surface area contributed by atoms with Gasteiger partial charge in [0.2, 0.25) is 0 Å². The predicted octanol–water partition coefficient (Wildman–Crippen LogP) is 5.55. The lowest BCUT2D eigenvalue weighted by Gasteiger charge is -2.35. The monoisotopic (exact) mass is 526 g/mol. The van der Waals surface area contributed by atoms with Crippen molar-refractivity contribution in [2.75, 3.05) is 31.0 Å². The molecule has 0 aliphatic heterocycles. The van der Waals surface area contributed by atoms with E-state index < -0.39 is 0 Å². The molecule has 0 saturated carbocycles. The third-order valence-electron chi connectivity index (χ3n) is 6.49. The number of aryl methyl sites for hydroxylation is 2. The highest BCUT2D eigenvalue weighted by Crippen LogP contribution is 2.37. The quantitative estimate of drug-likeness (QED) is 0.288. The minimum atomic E-state index is -0.162. The number of hydrazine groups is 1. The van der Waals surface area contributed by atoms with E-state index in [1.807, 2.05) is 40.1 Å². The van der Waals surface area contributed by atoms with E-state index in [0.717, 1.165) is 41.0 Å². The van der Waals surface area contributed by atoms with Crippen molar-refractivity contribution < 1.29 is 4.79 Å². The van der Waals surface area contributed by atoms with E-state index in [4.69, 9.17) is 5.73 Å². The number of aromatic nitrogens is 1. The molecule has 39 heavy (non-hydrogen) atoms. The average molecular weight is 527 g/mol. The standard InChI is InChI=1S/C30H35N5O.C2H7N/c1-5-7-23-10-15-26(16-11-23)35(34-21(3)19-31)29-20(2)9-12-24-13-14-25(18-28(24)29)33-30(36)27-8-6-17-32-22(27)4;1-3-2/h5-8,10-11,13-18,21,34H,9,12,19,31H2,1-4H3,(H,33,36);3H,1-2H3/b7-5+;. The Labute approximate surface area is 233 Å². The normalized spacial score (nSPS) is 13.4. The number of hydrogen-bond donors (Lipinski definition) is 4. The van der Waals surface area contributed by atoms with Crippen molar-refractivity contribution in [3.05, 3.63) is 100 Å². The SMILES string of the molecule is C/C=C/c1ccc(N(NC(C)CN)C2=C(C)CCc3ccc(NC(=O)c4cccnc4C)cc32)cc1.CNC. The number of allylic oxidation sites excluding steroid dienone is 2. The number of nitrogens with one attached hydrogen (secondary N) is 3. The molecule has 206 valence electrons. The van der Waals surface area contributed by atoms with Crippen molar-refractivity contribution in [3.63, 3.8) is 0 Å². The van der Waals surface area contributed by atoms with Gasteiger partial charge < -0.3 is 16.4 Å². The molecule has 1 amide bonds. The summed E-state index contributed by atoms with van der Waals surface area (Å²) in [4.78, 5) is 17.2. The first-order valence-electron chi connectivity index (χ1n) is 13.5. The Balaban J connectivity index is 0.00000134. The van der Waals surface area contributed by atoms with Gasteiger partial charge >= 0.3 is 0 Å². The fourth-order valence-electron chi connectivity index (χ4n) is 4.47. The van der Waals surface area contributed by atoms with Crippen LogP contribution in [0.25, 0.3) is 11.8 Å². The van der Waals surface area contributed by atoms with E-state index in [-0.39, 0.29) is 11.9 Å². The summed E-state index contributed by atoms with van der Waals surface area (Å²) < 4.78 is 0. The molecule has 4 rings (SSSR count). The van der Waals surface area contributed by atoms with Crippen LogP contribution in [0.3, 0.4) is 0 Å². The van der Waals surface area contributed by atoms with Gasteiger partial charge in [-0.05, 0) is 108 Å². The zero-order valence-corrected chi connectivity index (χ0v) is 24.0. The molecule has 1 unspecified atom stereocenters. The van der Waals surface area contributed by atoms with Gasteiger partial charge in [0.25, 0.3) is 5.91 Å². The third-order valence-corrected chi connectivity index (χ3v) is 6.49. The van der Waals surface area contributed by atoms with Crippen LogP contribution in [0.4, 0.5) is 11.4 Å². The van der Waals surface area contributed by atoms with E-state index in [2.05, 4.69) is 82.4 Å². The molecule has 7 heteroatoms. The number of nitrogens with zero attached hydrogens (tertiary/aromatic N) is 2. The number of amides is 1. The molecule has 1 aromatic heterocycles. The van der Waals surface area contributed by atoms with E-state index in [1.165, 1.54) is 11.1 Å². The lowest BCUT2D eigenvalue weighted by Crippen LogP contribution is -2.46. The molecule has 0 saturated heterocycles. The Hall–Kier alpha value is -3.78. The lowest BCUT2D eigenvalue weighted by atomic mass is 9.89. The van der Waals surface area contributed by atoms with Crippen molar-refractivity contribution >= 4 is 29.1 Å². The first kappa shape index (κ1) is 29.8. The van der Waals surface area contributed by atoms with E-state index in [0.29, 0.717) is 17.8 Å². The fourth-order valence-corrected chi connectivity index (χ4v) is 4.47. The minimum absolute atomic E-state index is 0.0716. The Bertz CT molecular complexity index is 1310. The van der Waals surface area contributed by atoms with E-state index in [1.54, 1.807) is 18.3 Å². The van der Waals surface area contributed by atoms with Crippen LogP contribution in [0.15, 0.2) is 72.4 Å². The molecule has 0 bridgehead atoms. The summed E-state index contributed by atoms with van der Waals surface area (Å²) in [6, 6.07) is 18.3. The second-order valence-electron chi connectivity index (χ2n) is 9.78. The summed E-state index contributed by atoms with van der Waals surface area (Å²) in [7, 11) is 3.75. The molecule has 1 heterocycles. The van der Waals surface area contributed by atoms with E-state index >= 15 is 0 Å². The molecule has 7 nitrogen and oxygen atoms in total. The average Bonchev–Trinajstić information content (AvgIpc) is 2.93. The topological polar surface area (TPSA) is 95.3 Å². The van der Waals surface area contributed by atoms with Gasteiger partial charge in [-0.3, -0.25) is 14.8 Å². The first-order chi connectivity index (χ1) is 18.8. The molecule has 0 radical (unpaired) electrons. The summed E-state index contributed by atoms with van der Waals surface area (Å²) in [5.41, 5.74) is 18.6. The zero-order valence-electron chi connectivity index (χ0n) is 24.0. The summed E-state index contributed by atoms with van der Waals surface area (Å²) in [5.74, 6) is -0.162. The first-order valence-corrected chi connectivity index (χ1v) is 13.5. The Morgan fingerprint density at radius 3 is 2.46 bits per heavy atom. The fraction of sp³-hybridized carbons (Fsp3) is 0.312. The van der Waals surface area contributed by atoms with Crippen LogP contribution in [-0.2, 0) is 6.42 Å².